The van der Waals surface area contributed by atoms with Gasteiger partial charge in [-0.15, -0.1) is 0 Å². The molecule has 0 bridgehead atoms. The molecule has 1 saturated carbocycles. The number of nitrogens with zero attached hydrogens (tertiary/aromatic N) is 5. The summed E-state index contributed by atoms with van der Waals surface area (Å²) < 4.78 is 5.34. The van der Waals surface area contributed by atoms with E-state index in [-0.39, 0.29) is 16.8 Å². The van der Waals surface area contributed by atoms with Gasteiger partial charge in [-0.2, -0.15) is 15.0 Å². The fraction of sp³-hybridized carbons (Fsp3) is 0.769. The lowest BCUT2D eigenvalue weighted by Gasteiger charge is -2.27. The molecule has 3 fully saturated rings. The first-order chi connectivity index (χ1) is 10.2. The van der Waals surface area contributed by atoms with E-state index in [1.165, 1.54) is 0 Å². The summed E-state index contributed by atoms with van der Waals surface area (Å²) in [6.07, 6.45) is 1.87. The molecule has 1 spiro atoms. The minimum absolute atomic E-state index is 0.0677. The van der Waals surface area contributed by atoms with Crippen LogP contribution in [0.4, 0.5) is 11.9 Å². The predicted molar refractivity (Wildman–Crippen MR) is 77.8 cm³/mol. The Hall–Kier alpha value is -1.18. The molecular weight excluding hydrogens is 294 g/mol. The molecular formula is C13H18ClN5O2. The third kappa shape index (κ3) is 2.43. The summed E-state index contributed by atoms with van der Waals surface area (Å²) in [5, 5.41) is 10.4. The number of halogens is 1. The standard InChI is InChI=1S/C13H18ClN5O2/c14-10-15-11(18-3-5-21-6-4-18)17-12(16-10)19-7-9(20)13(8-19)1-2-13/h9,20H,1-8H2. The van der Waals surface area contributed by atoms with Gasteiger partial charge in [-0.05, 0) is 24.4 Å². The Bertz CT molecular complexity index is 547. The van der Waals surface area contributed by atoms with Crippen LogP contribution < -0.4 is 9.80 Å². The smallest absolute Gasteiger partial charge is 0.231 e. The second-order valence-corrected chi connectivity index (χ2v) is 6.40. The van der Waals surface area contributed by atoms with Crippen molar-refractivity contribution in [2.75, 3.05) is 49.2 Å². The Morgan fingerprint density at radius 1 is 1.10 bits per heavy atom. The van der Waals surface area contributed by atoms with Crippen molar-refractivity contribution in [1.82, 2.24) is 15.0 Å². The van der Waals surface area contributed by atoms with Gasteiger partial charge in [0.05, 0.1) is 19.3 Å². The molecule has 0 amide bonds. The molecule has 4 rings (SSSR count). The summed E-state index contributed by atoms with van der Waals surface area (Å²) in [5.74, 6) is 1.17. The van der Waals surface area contributed by atoms with E-state index in [1.807, 2.05) is 4.90 Å². The van der Waals surface area contributed by atoms with Crippen LogP contribution in [-0.4, -0.2) is 65.6 Å². The van der Waals surface area contributed by atoms with Gasteiger partial charge in [0.2, 0.25) is 17.2 Å². The van der Waals surface area contributed by atoms with Gasteiger partial charge >= 0.3 is 0 Å². The Balaban J connectivity index is 1.59. The summed E-state index contributed by atoms with van der Waals surface area (Å²) in [7, 11) is 0. The Morgan fingerprint density at radius 3 is 2.38 bits per heavy atom. The molecule has 0 aromatic carbocycles. The lowest BCUT2D eigenvalue weighted by atomic mass is 10.0. The van der Waals surface area contributed by atoms with E-state index >= 15 is 0 Å². The van der Waals surface area contributed by atoms with Crippen molar-refractivity contribution in [3.8, 4) is 0 Å². The van der Waals surface area contributed by atoms with Gasteiger partial charge in [0.1, 0.15) is 0 Å². The Labute approximate surface area is 127 Å². The second kappa shape index (κ2) is 4.93. The summed E-state index contributed by atoms with van der Waals surface area (Å²) in [6.45, 7) is 4.23. The second-order valence-electron chi connectivity index (χ2n) is 6.06. The van der Waals surface area contributed by atoms with Gasteiger partial charge in [0.15, 0.2) is 0 Å². The zero-order valence-electron chi connectivity index (χ0n) is 11.7. The van der Waals surface area contributed by atoms with Crippen molar-refractivity contribution in [3.05, 3.63) is 5.28 Å². The summed E-state index contributed by atoms with van der Waals surface area (Å²) in [6, 6.07) is 0. The topological polar surface area (TPSA) is 74.6 Å². The molecule has 0 radical (unpaired) electrons. The lowest BCUT2D eigenvalue weighted by molar-refractivity contribution is 0.122. The fourth-order valence-electron chi connectivity index (χ4n) is 3.13. The number of hydrogen-bond acceptors (Lipinski definition) is 7. The third-order valence-electron chi connectivity index (χ3n) is 4.66. The molecule has 21 heavy (non-hydrogen) atoms. The van der Waals surface area contributed by atoms with Crippen molar-refractivity contribution in [2.45, 2.75) is 18.9 Å². The molecule has 1 unspecified atom stereocenters. The number of rotatable bonds is 2. The zero-order valence-corrected chi connectivity index (χ0v) is 12.5. The Kier molecular flexibility index (Phi) is 3.16. The van der Waals surface area contributed by atoms with Crippen molar-refractivity contribution < 1.29 is 9.84 Å². The van der Waals surface area contributed by atoms with E-state index in [4.69, 9.17) is 16.3 Å². The monoisotopic (exact) mass is 311 g/mol. The summed E-state index contributed by atoms with van der Waals surface area (Å²) >= 11 is 6.06. The molecule has 3 aliphatic rings. The van der Waals surface area contributed by atoms with E-state index in [9.17, 15) is 5.11 Å². The van der Waals surface area contributed by atoms with Crippen LogP contribution in [0.3, 0.4) is 0 Å². The quantitative estimate of drug-likeness (QED) is 0.843. The predicted octanol–water partition coefficient (Wildman–Crippen LogP) is 0.323. The molecule has 1 aromatic heterocycles. The minimum Gasteiger partial charge on any atom is -0.391 e. The van der Waals surface area contributed by atoms with Crippen molar-refractivity contribution in [3.63, 3.8) is 0 Å². The molecule has 1 N–H and O–H groups in total. The molecule has 2 aliphatic heterocycles. The van der Waals surface area contributed by atoms with Crippen molar-refractivity contribution in [2.24, 2.45) is 5.41 Å². The van der Waals surface area contributed by atoms with Gasteiger partial charge in [-0.3, -0.25) is 0 Å². The van der Waals surface area contributed by atoms with Crippen LogP contribution in [0.25, 0.3) is 0 Å². The van der Waals surface area contributed by atoms with Crippen LogP contribution >= 0.6 is 11.6 Å². The number of morpholine rings is 1. The molecule has 8 heteroatoms. The molecule has 3 heterocycles. The maximum Gasteiger partial charge on any atom is 0.231 e. The molecule has 1 aromatic rings. The highest BCUT2D eigenvalue weighted by Gasteiger charge is 2.55. The first kappa shape index (κ1) is 13.5. The summed E-state index contributed by atoms with van der Waals surface area (Å²) in [4.78, 5) is 17.1. The van der Waals surface area contributed by atoms with E-state index in [2.05, 4.69) is 19.9 Å². The van der Waals surface area contributed by atoms with Crippen molar-refractivity contribution >= 4 is 23.5 Å². The Morgan fingerprint density at radius 2 is 1.76 bits per heavy atom. The van der Waals surface area contributed by atoms with Crippen LogP contribution in [-0.2, 0) is 4.74 Å². The average Bonchev–Trinajstić information content (AvgIpc) is 3.20. The largest absolute Gasteiger partial charge is 0.391 e. The van der Waals surface area contributed by atoms with E-state index in [1.54, 1.807) is 0 Å². The van der Waals surface area contributed by atoms with Crippen molar-refractivity contribution in [1.29, 1.82) is 0 Å². The number of aliphatic hydroxyl groups is 1. The average molecular weight is 312 g/mol. The maximum absolute atomic E-state index is 10.2. The third-order valence-corrected chi connectivity index (χ3v) is 4.83. The molecule has 114 valence electrons. The first-order valence-corrected chi connectivity index (χ1v) is 7.71. The number of β-amino-alcohol motifs (C(OH)–C–C–N with tert-alkyl or cyclic N) is 1. The zero-order chi connectivity index (χ0) is 14.4. The molecule has 1 aliphatic carbocycles. The van der Waals surface area contributed by atoms with E-state index < -0.39 is 0 Å². The number of ether oxygens (including phenoxy) is 1. The van der Waals surface area contributed by atoms with Crippen LogP contribution in [0.5, 0.6) is 0 Å². The lowest BCUT2D eigenvalue weighted by Crippen LogP contribution is -2.38. The van der Waals surface area contributed by atoms with E-state index in [0.717, 1.165) is 32.5 Å². The molecule has 7 nitrogen and oxygen atoms in total. The fourth-order valence-corrected chi connectivity index (χ4v) is 3.28. The van der Waals surface area contributed by atoms with Gasteiger partial charge in [0.25, 0.3) is 0 Å². The van der Waals surface area contributed by atoms with Gasteiger partial charge in [0, 0.05) is 31.6 Å². The molecule has 2 saturated heterocycles. The van der Waals surface area contributed by atoms with Crippen LogP contribution in [0.1, 0.15) is 12.8 Å². The number of aliphatic hydroxyl groups excluding tert-OH is 1. The van der Waals surface area contributed by atoms with Crippen LogP contribution in [0.2, 0.25) is 5.28 Å². The van der Waals surface area contributed by atoms with E-state index in [0.29, 0.717) is 31.7 Å². The molecule has 1 atom stereocenters. The maximum atomic E-state index is 10.2. The summed E-state index contributed by atoms with van der Waals surface area (Å²) in [5.41, 5.74) is 0.0677. The number of aromatic nitrogens is 3. The normalized spacial score (nSPS) is 27.4. The first-order valence-electron chi connectivity index (χ1n) is 7.34. The number of anilines is 2. The highest BCUT2D eigenvalue weighted by atomic mass is 35.5. The minimum atomic E-state index is -0.292. The van der Waals surface area contributed by atoms with Gasteiger partial charge < -0.3 is 19.6 Å². The number of hydrogen-bond donors (Lipinski definition) is 1. The van der Waals surface area contributed by atoms with Crippen LogP contribution in [0.15, 0.2) is 0 Å². The van der Waals surface area contributed by atoms with Crippen LogP contribution in [0, 0.1) is 5.41 Å². The highest BCUT2D eigenvalue weighted by molar-refractivity contribution is 6.28. The van der Waals surface area contributed by atoms with Gasteiger partial charge in [-0.1, -0.05) is 0 Å². The SMILES string of the molecule is OC1CN(c2nc(Cl)nc(N3CCOCC3)n2)CC12CC2. The highest BCUT2D eigenvalue weighted by Crippen LogP contribution is 2.53. The van der Waals surface area contributed by atoms with Gasteiger partial charge in [-0.25, -0.2) is 0 Å².